The van der Waals surface area contributed by atoms with E-state index >= 15 is 0 Å². The Morgan fingerprint density at radius 3 is 2.13 bits per heavy atom. The van der Waals surface area contributed by atoms with Gasteiger partial charge in [-0.1, -0.05) is 0 Å². The van der Waals surface area contributed by atoms with Gasteiger partial charge in [0.05, 0.1) is 43.0 Å². The monoisotopic (exact) mass is 423 g/mol. The second kappa shape index (κ2) is 7.72. The number of hydrogen-bond acceptors (Lipinski definition) is 6. The van der Waals surface area contributed by atoms with Gasteiger partial charge >= 0.3 is 5.97 Å². The lowest BCUT2D eigenvalue weighted by molar-refractivity contribution is -0.253. The van der Waals surface area contributed by atoms with Crippen LogP contribution in [0, 0.1) is 10.8 Å². The average molecular weight is 424 g/mol. The zero-order valence-corrected chi connectivity index (χ0v) is 19.8. The summed E-state index contributed by atoms with van der Waals surface area (Å²) in [7, 11) is 0. The van der Waals surface area contributed by atoms with Crippen molar-refractivity contribution in [1.82, 2.24) is 4.90 Å². The number of rotatable bonds is 9. The zero-order chi connectivity index (χ0) is 21.8. The molecule has 0 spiro atoms. The first-order valence-corrected chi connectivity index (χ1v) is 11.7. The summed E-state index contributed by atoms with van der Waals surface area (Å²) in [6.07, 6.45) is 5.08. The van der Waals surface area contributed by atoms with E-state index in [1.54, 1.807) is 0 Å². The highest BCUT2D eigenvalue weighted by molar-refractivity contribution is 5.81. The molecule has 0 aromatic rings. The molecule has 0 aromatic carbocycles. The third-order valence-corrected chi connectivity index (χ3v) is 7.20. The number of esters is 1. The second-order valence-electron chi connectivity index (χ2n) is 12.3. The lowest BCUT2D eigenvalue weighted by Crippen LogP contribution is -2.68. The number of nitrogens with zero attached hydrogens (tertiary/aromatic N) is 1. The van der Waals surface area contributed by atoms with Crippen LogP contribution >= 0.6 is 0 Å². The fourth-order valence-electron chi connectivity index (χ4n) is 5.51. The van der Waals surface area contributed by atoms with E-state index in [1.807, 2.05) is 0 Å². The normalized spacial score (nSPS) is 36.3. The van der Waals surface area contributed by atoms with Gasteiger partial charge in [-0.05, 0) is 66.2 Å². The van der Waals surface area contributed by atoms with E-state index in [2.05, 4.69) is 46.4 Å². The van der Waals surface area contributed by atoms with Gasteiger partial charge in [0.25, 0.3) is 0 Å². The number of carbonyl (C=O) groups is 1. The number of ether oxygens (including phenoxy) is 4. The lowest BCUT2D eigenvalue weighted by Gasteiger charge is -2.68. The lowest BCUT2D eigenvalue weighted by atomic mass is 9.35. The van der Waals surface area contributed by atoms with Crippen molar-refractivity contribution >= 4 is 5.97 Å². The van der Waals surface area contributed by atoms with E-state index in [1.165, 1.54) is 0 Å². The molecule has 5 rings (SSSR count). The fourth-order valence-corrected chi connectivity index (χ4v) is 5.51. The van der Waals surface area contributed by atoms with Crippen LogP contribution in [-0.4, -0.2) is 73.2 Å². The summed E-state index contributed by atoms with van der Waals surface area (Å²) < 4.78 is 23.5. The summed E-state index contributed by atoms with van der Waals surface area (Å²) in [6, 6.07) is 0. The summed E-state index contributed by atoms with van der Waals surface area (Å²) >= 11 is 0. The zero-order valence-electron chi connectivity index (χ0n) is 19.8. The Balaban J connectivity index is 1.03. The summed E-state index contributed by atoms with van der Waals surface area (Å²) in [6.45, 7) is 17.0. The molecule has 0 N–H and O–H groups in total. The Kier molecular flexibility index (Phi) is 5.79. The molecule has 0 amide bonds. The molecule has 1 aliphatic heterocycles. The van der Waals surface area contributed by atoms with Gasteiger partial charge in [0.2, 0.25) is 0 Å². The largest absolute Gasteiger partial charge is 0.462 e. The predicted octanol–water partition coefficient (Wildman–Crippen LogP) is 3.56. The number of likely N-dealkylation sites (tertiary alicyclic amines) is 1. The third kappa shape index (κ3) is 4.72. The summed E-state index contributed by atoms with van der Waals surface area (Å²) in [5, 5.41) is 0. The van der Waals surface area contributed by atoms with E-state index in [4.69, 9.17) is 18.9 Å². The van der Waals surface area contributed by atoms with Crippen LogP contribution in [0.25, 0.3) is 0 Å². The fraction of sp³-hybridized carbons (Fsp3) is 0.958. The third-order valence-electron chi connectivity index (χ3n) is 7.20. The van der Waals surface area contributed by atoms with Crippen LogP contribution in [0.3, 0.4) is 0 Å². The molecule has 0 unspecified atom stereocenters. The van der Waals surface area contributed by atoms with Gasteiger partial charge in [-0.15, -0.1) is 0 Å². The topological polar surface area (TPSA) is 57.2 Å². The first kappa shape index (κ1) is 22.5. The van der Waals surface area contributed by atoms with E-state index < -0.39 is 0 Å². The van der Waals surface area contributed by atoms with Crippen LogP contribution < -0.4 is 0 Å². The SMILES string of the molecule is CC(C)(C)OC1CC(OC(=O)C23CC(COCCOC4CN(C(C)(C)C)C4)(C2)C3)C1. The summed E-state index contributed by atoms with van der Waals surface area (Å²) in [5.41, 5.74) is 0.113. The van der Waals surface area contributed by atoms with Crippen LogP contribution in [-0.2, 0) is 23.7 Å². The highest BCUT2D eigenvalue weighted by atomic mass is 16.6. The smallest absolute Gasteiger partial charge is 0.312 e. The molecule has 6 heteroatoms. The molecule has 0 aromatic heterocycles. The molecule has 0 radical (unpaired) electrons. The molecule has 2 bridgehead atoms. The minimum Gasteiger partial charge on any atom is -0.462 e. The van der Waals surface area contributed by atoms with Crippen LogP contribution in [0.4, 0.5) is 0 Å². The molecule has 1 heterocycles. The second-order valence-corrected chi connectivity index (χ2v) is 12.3. The van der Waals surface area contributed by atoms with E-state index in [-0.39, 0.29) is 40.1 Å². The quantitative estimate of drug-likeness (QED) is 0.417. The van der Waals surface area contributed by atoms with Crippen LogP contribution in [0.15, 0.2) is 0 Å². The first-order valence-electron chi connectivity index (χ1n) is 11.7. The van der Waals surface area contributed by atoms with Gasteiger partial charge in [-0.25, -0.2) is 0 Å². The molecular formula is C24H41NO5. The number of carbonyl (C=O) groups excluding carboxylic acids is 1. The van der Waals surface area contributed by atoms with Crippen molar-refractivity contribution in [2.75, 3.05) is 32.9 Å². The van der Waals surface area contributed by atoms with Gasteiger partial charge < -0.3 is 18.9 Å². The Bertz CT molecular complexity index is 617. The molecule has 172 valence electrons. The molecule has 5 aliphatic rings. The van der Waals surface area contributed by atoms with Crippen molar-refractivity contribution in [3.05, 3.63) is 0 Å². The van der Waals surface area contributed by atoms with Crippen molar-refractivity contribution in [2.45, 2.75) is 103 Å². The highest BCUT2D eigenvalue weighted by Gasteiger charge is 2.72. The standard InChI is InChI=1S/C24H41NO5/c1-21(2,3)25-11-19(12-25)28-8-7-27-16-23-13-24(14-23,15-23)20(26)29-17-9-18(10-17)30-22(4,5)6/h17-19H,7-16H2,1-6H3. The van der Waals surface area contributed by atoms with Crippen LogP contribution in [0.2, 0.25) is 0 Å². The highest BCUT2D eigenvalue weighted by Crippen LogP contribution is 2.73. The minimum absolute atomic E-state index is 0.0142. The molecule has 4 aliphatic carbocycles. The van der Waals surface area contributed by atoms with Gasteiger partial charge in [-0.3, -0.25) is 9.69 Å². The van der Waals surface area contributed by atoms with E-state index in [0.717, 1.165) is 51.8 Å². The summed E-state index contributed by atoms with van der Waals surface area (Å²) in [5.74, 6) is 0.0142. The van der Waals surface area contributed by atoms with Crippen LogP contribution in [0.5, 0.6) is 0 Å². The predicted molar refractivity (Wildman–Crippen MR) is 114 cm³/mol. The first-order chi connectivity index (χ1) is 13.9. The van der Waals surface area contributed by atoms with Gasteiger partial charge in [0.1, 0.15) is 6.10 Å². The van der Waals surface area contributed by atoms with Crippen molar-refractivity contribution in [1.29, 1.82) is 0 Å². The molecule has 0 atom stereocenters. The van der Waals surface area contributed by atoms with Gasteiger partial charge in [-0.2, -0.15) is 0 Å². The molecular weight excluding hydrogens is 382 g/mol. The van der Waals surface area contributed by atoms with E-state index in [9.17, 15) is 4.79 Å². The van der Waals surface area contributed by atoms with Gasteiger partial charge in [0.15, 0.2) is 0 Å². The molecule has 6 nitrogen and oxygen atoms in total. The molecule has 5 fully saturated rings. The molecule has 30 heavy (non-hydrogen) atoms. The van der Waals surface area contributed by atoms with Crippen molar-refractivity contribution in [3.8, 4) is 0 Å². The maximum atomic E-state index is 12.6. The Morgan fingerprint density at radius 2 is 1.57 bits per heavy atom. The van der Waals surface area contributed by atoms with Crippen molar-refractivity contribution < 1.29 is 23.7 Å². The molecule has 1 saturated heterocycles. The average Bonchev–Trinajstić information content (AvgIpc) is 2.44. The number of hydrogen-bond donors (Lipinski definition) is 0. The molecule has 4 saturated carbocycles. The van der Waals surface area contributed by atoms with Crippen LogP contribution in [0.1, 0.15) is 73.6 Å². The van der Waals surface area contributed by atoms with Crippen molar-refractivity contribution in [2.24, 2.45) is 10.8 Å². The maximum absolute atomic E-state index is 12.6. The maximum Gasteiger partial charge on any atom is 0.312 e. The Labute approximate surface area is 181 Å². The summed E-state index contributed by atoms with van der Waals surface area (Å²) in [4.78, 5) is 15.0. The van der Waals surface area contributed by atoms with Crippen molar-refractivity contribution in [3.63, 3.8) is 0 Å². The van der Waals surface area contributed by atoms with Gasteiger partial charge in [0, 0.05) is 31.5 Å². The van der Waals surface area contributed by atoms with E-state index in [0.29, 0.717) is 19.3 Å². The Hall–Kier alpha value is -0.690. The Morgan fingerprint density at radius 1 is 0.933 bits per heavy atom. The minimum atomic E-state index is -0.210.